The van der Waals surface area contributed by atoms with Gasteiger partial charge < -0.3 is 5.11 Å². The van der Waals surface area contributed by atoms with Gasteiger partial charge in [-0.3, -0.25) is 19.3 Å². The second-order valence-corrected chi connectivity index (χ2v) is 8.10. The molecule has 2 heterocycles. The van der Waals surface area contributed by atoms with Gasteiger partial charge in [0.25, 0.3) is 11.8 Å². The first-order chi connectivity index (χ1) is 12.7. The van der Waals surface area contributed by atoms with Crippen LogP contribution in [0.3, 0.4) is 0 Å². The molecule has 1 N–H and O–H groups in total. The van der Waals surface area contributed by atoms with Gasteiger partial charge in [-0.05, 0) is 12.0 Å². The number of rotatable bonds is 3. The number of fused-ring (bicyclic) bond motifs is 1. The Labute approximate surface area is 165 Å². The molecular weight excluding hydrogens is 388 g/mol. The summed E-state index contributed by atoms with van der Waals surface area (Å²) in [5, 5.41) is 9.52. The molecule has 7 nitrogen and oxygen atoms in total. The van der Waals surface area contributed by atoms with E-state index in [4.69, 9.17) is 12.2 Å². The van der Waals surface area contributed by atoms with Crippen LogP contribution in [0.25, 0.3) is 5.57 Å². The second kappa shape index (κ2) is 6.90. The molecule has 1 saturated heterocycles. The molecule has 0 aliphatic carbocycles. The molecule has 0 saturated carbocycles. The van der Waals surface area contributed by atoms with Gasteiger partial charge in [-0.1, -0.05) is 56.0 Å². The van der Waals surface area contributed by atoms with Crippen molar-refractivity contribution in [2.45, 2.75) is 26.8 Å². The predicted octanol–water partition coefficient (Wildman–Crippen LogP) is 2.26. The van der Waals surface area contributed by atoms with Crippen LogP contribution >= 0.6 is 24.0 Å². The van der Waals surface area contributed by atoms with E-state index >= 15 is 0 Å². The number of hydrogen-bond acceptors (Lipinski definition) is 6. The quantitative estimate of drug-likeness (QED) is 0.610. The van der Waals surface area contributed by atoms with Crippen LogP contribution in [0.4, 0.5) is 5.69 Å². The summed E-state index contributed by atoms with van der Waals surface area (Å²) in [6, 6.07) is 5.53. The van der Waals surface area contributed by atoms with Crippen molar-refractivity contribution in [3.8, 4) is 0 Å². The lowest BCUT2D eigenvalue weighted by molar-refractivity contribution is -0.146. The van der Waals surface area contributed by atoms with Crippen LogP contribution in [0.1, 0.15) is 26.3 Å². The van der Waals surface area contributed by atoms with E-state index in [2.05, 4.69) is 0 Å². The van der Waals surface area contributed by atoms with Gasteiger partial charge in [0, 0.05) is 12.5 Å². The molecule has 1 atom stereocenters. The Balaban J connectivity index is 2.16. The van der Waals surface area contributed by atoms with Crippen molar-refractivity contribution in [3.05, 3.63) is 34.7 Å². The minimum absolute atomic E-state index is 0.0492. The second-order valence-electron chi connectivity index (χ2n) is 6.45. The molecule has 3 amide bonds. The van der Waals surface area contributed by atoms with Gasteiger partial charge >= 0.3 is 5.97 Å². The van der Waals surface area contributed by atoms with Crippen molar-refractivity contribution in [2.75, 3.05) is 4.90 Å². The molecule has 0 radical (unpaired) electrons. The Morgan fingerprint density at radius 2 is 1.78 bits per heavy atom. The fraction of sp³-hybridized carbons (Fsp3) is 0.278. The molecule has 0 bridgehead atoms. The first-order valence-electron chi connectivity index (χ1n) is 8.13. The van der Waals surface area contributed by atoms with Crippen LogP contribution in [-0.4, -0.2) is 44.1 Å². The highest BCUT2D eigenvalue weighted by molar-refractivity contribution is 8.26. The summed E-state index contributed by atoms with van der Waals surface area (Å²) >= 11 is 6.13. The molecule has 140 valence electrons. The number of carboxylic acids is 1. The van der Waals surface area contributed by atoms with Gasteiger partial charge in [-0.15, -0.1) is 0 Å². The number of aliphatic carboxylic acids is 1. The van der Waals surface area contributed by atoms with Gasteiger partial charge in [0.05, 0.1) is 16.2 Å². The fourth-order valence-corrected chi connectivity index (χ4v) is 4.61. The number of nitrogens with zero attached hydrogens (tertiary/aromatic N) is 2. The minimum atomic E-state index is -1.17. The number of carbonyl (C=O) groups is 4. The largest absolute Gasteiger partial charge is 0.480 e. The molecule has 2 aliphatic heterocycles. The van der Waals surface area contributed by atoms with Crippen molar-refractivity contribution in [1.82, 2.24) is 4.90 Å². The van der Waals surface area contributed by atoms with Crippen LogP contribution in [0.5, 0.6) is 0 Å². The predicted molar refractivity (Wildman–Crippen MR) is 105 cm³/mol. The van der Waals surface area contributed by atoms with Crippen LogP contribution in [0.2, 0.25) is 0 Å². The highest BCUT2D eigenvalue weighted by Crippen LogP contribution is 2.45. The number of carboxylic acid groups (broad SMARTS) is 1. The number of hydrogen-bond donors (Lipinski definition) is 1. The molecule has 3 rings (SSSR count). The molecule has 27 heavy (non-hydrogen) atoms. The van der Waals surface area contributed by atoms with E-state index in [-0.39, 0.29) is 20.7 Å². The summed E-state index contributed by atoms with van der Waals surface area (Å²) in [7, 11) is 0. The van der Waals surface area contributed by atoms with E-state index in [1.54, 1.807) is 38.1 Å². The molecule has 2 aliphatic rings. The van der Waals surface area contributed by atoms with Gasteiger partial charge in [0.1, 0.15) is 10.4 Å². The highest BCUT2D eigenvalue weighted by atomic mass is 32.2. The van der Waals surface area contributed by atoms with E-state index < -0.39 is 29.7 Å². The van der Waals surface area contributed by atoms with E-state index in [9.17, 15) is 24.3 Å². The third-order valence-corrected chi connectivity index (χ3v) is 5.74. The summed E-state index contributed by atoms with van der Waals surface area (Å²) in [5.74, 6) is -3.26. The smallest absolute Gasteiger partial charge is 0.327 e. The highest BCUT2D eigenvalue weighted by Gasteiger charge is 2.47. The number of anilines is 1. The third kappa shape index (κ3) is 2.96. The molecule has 9 heteroatoms. The Morgan fingerprint density at radius 1 is 1.15 bits per heavy atom. The van der Waals surface area contributed by atoms with Crippen molar-refractivity contribution < 1.29 is 24.3 Å². The number of thioether (sulfide) groups is 1. The number of thiocarbonyl (C=S) groups is 1. The molecule has 1 aromatic rings. The van der Waals surface area contributed by atoms with Gasteiger partial charge in [-0.2, -0.15) is 0 Å². The maximum atomic E-state index is 13.0. The van der Waals surface area contributed by atoms with Crippen molar-refractivity contribution in [1.29, 1.82) is 0 Å². The molecule has 0 spiro atoms. The van der Waals surface area contributed by atoms with Crippen molar-refractivity contribution in [2.24, 2.45) is 5.92 Å². The zero-order chi connectivity index (χ0) is 20.0. The summed E-state index contributed by atoms with van der Waals surface area (Å²) in [6.45, 7) is 4.62. The van der Waals surface area contributed by atoms with E-state index in [0.717, 1.165) is 21.6 Å². The van der Waals surface area contributed by atoms with Crippen LogP contribution in [0.15, 0.2) is 29.2 Å². The normalized spacial score (nSPS) is 20.5. The first-order valence-corrected chi connectivity index (χ1v) is 9.36. The number of imide groups is 1. The van der Waals surface area contributed by atoms with Crippen LogP contribution in [-0.2, 0) is 19.2 Å². The van der Waals surface area contributed by atoms with Crippen LogP contribution < -0.4 is 4.90 Å². The number of para-hydroxylation sites is 1. The Bertz CT molecular complexity index is 937. The third-order valence-electron chi connectivity index (χ3n) is 4.33. The summed E-state index contributed by atoms with van der Waals surface area (Å²) in [6.07, 6.45) is 0. The zero-order valence-corrected chi connectivity index (χ0v) is 16.4. The maximum absolute atomic E-state index is 13.0. The molecule has 1 aromatic carbocycles. The lowest BCUT2D eigenvalue weighted by Crippen LogP contribution is -2.47. The number of benzene rings is 1. The topological polar surface area (TPSA) is 95.0 Å². The zero-order valence-electron chi connectivity index (χ0n) is 14.8. The lowest BCUT2D eigenvalue weighted by Gasteiger charge is -2.26. The summed E-state index contributed by atoms with van der Waals surface area (Å²) in [5.41, 5.74) is 0.928. The Kier molecular flexibility index (Phi) is 4.92. The molecule has 1 fully saturated rings. The lowest BCUT2D eigenvalue weighted by atomic mass is 10.0. The van der Waals surface area contributed by atoms with Gasteiger partial charge in [0.2, 0.25) is 5.91 Å². The average Bonchev–Trinajstić information content (AvgIpc) is 3.01. The SMILES string of the molecule is CC(=O)N1C(=O)/C(=C2\SC(=S)N([C@H](C(=O)O)C(C)C)C2=O)c2ccccc21. The van der Waals surface area contributed by atoms with E-state index in [0.29, 0.717) is 11.3 Å². The summed E-state index contributed by atoms with van der Waals surface area (Å²) in [4.78, 5) is 51.6. The Morgan fingerprint density at radius 3 is 2.33 bits per heavy atom. The number of amides is 3. The van der Waals surface area contributed by atoms with Crippen molar-refractivity contribution in [3.63, 3.8) is 0 Å². The molecule has 0 unspecified atom stereocenters. The van der Waals surface area contributed by atoms with Crippen molar-refractivity contribution >= 4 is 63.3 Å². The molecular formula is C18H16N2O5S2. The fourth-order valence-electron chi connectivity index (χ4n) is 3.21. The minimum Gasteiger partial charge on any atom is -0.480 e. The van der Waals surface area contributed by atoms with Gasteiger partial charge in [0.15, 0.2) is 0 Å². The monoisotopic (exact) mass is 404 g/mol. The van der Waals surface area contributed by atoms with Crippen LogP contribution in [0, 0.1) is 5.92 Å². The maximum Gasteiger partial charge on any atom is 0.327 e. The standard InChI is InChI=1S/C18H16N2O5S2/c1-8(2)13(17(24)25)20-16(23)14(27-18(20)26)12-10-6-4-5-7-11(10)19(9(3)21)15(12)22/h4-8,13H,1-3H3,(H,24,25)/b14-12-/t13-/m0/s1. The van der Waals surface area contributed by atoms with E-state index in [1.165, 1.54) is 6.92 Å². The Hall–Kier alpha value is -2.52. The van der Waals surface area contributed by atoms with Gasteiger partial charge in [-0.25, -0.2) is 9.69 Å². The van der Waals surface area contributed by atoms with E-state index in [1.807, 2.05) is 0 Å². The average molecular weight is 404 g/mol. The summed E-state index contributed by atoms with van der Waals surface area (Å²) < 4.78 is 0.0788. The molecule has 0 aromatic heterocycles. The first kappa shape index (κ1) is 19.2. The number of carbonyl (C=O) groups excluding carboxylic acids is 3.